The molecule has 0 unspecified atom stereocenters. The van der Waals surface area contributed by atoms with E-state index in [0.29, 0.717) is 6.54 Å². The first-order valence-corrected chi connectivity index (χ1v) is 6.93. The van der Waals surface area contributed by atoms with Gasteiger partial charge in [-0.1, -0.05) is 36.4 Å². The molecule has 1 aromatic carbocycles. The summed E-state index contributed by atoms with van der Waals surface area (Å²) in [6.07, 6.45) is 0.981. The van der Waals surface area contributed by atoms with Crippen LogP contribution in [0.15, 0.2) is 47.8 Å². The Morgan fingerprint density at radius 1 is 1.17 bits per heavy atom. The summed E-state index contributed by atoms with van der Waals surface area (Å²) in [6, 6.07) is 14.2. The van der Waals surface area contributed by atoms with Crippen molar-refractivity contribution in [1.29, 1.82) is 0 Å². The number of thiophene rings is 1. The number of hydrogen-bond donors (Lipinski definition) is 0. The van der Waals surface area contributed by atoms with Gasteiger partial charge in [-0.05, 0) is 30.5 Å². The van der Waals surface area contributed by atoms with E-state index in [1.165, 1.54) is 16.9 Å². The molecular weight excluding hydrogens is 242 g/mol. The normalized spacial score (nSPS) is 10.8. The Labute approximate surface area is 112 Å². The zero-order chi connectivity index (χ0) is 12.8. The van der Waals surface area contributed by atoms with Crippen molar-refractivity contribution in [2.24, 2.45) is 0 Å². The second-order valence-corrected chi connectivity index (χ2v) is 5.32. The average molecular weight is 259 g/mol. The van der Waals surface area contributed by atoms with Crippen molar-refractivity contribution in [3.8, 4) is 0 Å². The maximum Gasteiger partial charge on any atom is 0.186 e. The van der Waals surface area contributed by atoms with Crippen LogP contribution in [-0.4, -0.2) is 30.8 Å². The summed E-state index contributed by atoms with van der Waals surface area (Å²) in [7, 11) is 1.99. The van der Waals surface area contributed by atoms with Crippen LogP contribution in [0.3, 0.4) is 0 Å². The van der Waals surface area contributed by atoms with Crippen LogP contribution in [0.1, 0.15) is 15.2 Å². The lowest BCUT2D eigenvalue weighted by molar-refractivity contribution is 0.0951. The number of Topliss-reactive ketones (excluding diaryl/α,β-unsaturated/α-hetero) is 1. The van der Waals surface area contributed by atoms with Crippen LogP contribution in [0.2, 0.25) is 0 Å². The van der Waals surface area contributed by atoms with Crippen LogP contribution in [0.5, 0.6) is 0 Å². The maximum atomic E-state index is 11.9. The van der Waals surface area contributed by atoms with E-state index in [-0.39, 0.29) is 5.78 Å². The predicted octanol–water partition coefficient (Wildman–Crippen LogP) is 3.11. The van der Waals surface area contributed by atoms with Crippen LogP contribution in [0.4, 0.5) is 0 Å². The molecule has 0 amide bonds. The van der Waals surface area contributed by atoms with E-state index in [1.807, 2.05) is 42.8 Å². The molecule has 94 valence electrons. The van der Waals surface area contributed by atoms with Gasteiger partial charge in [-0.3, -0.25) is 9.69 Å². The minimum absolute atomic E-state index is 0.209. The number of benzene rings is 1. The third kappa shape index (κ3) is 3.79. The van der Waals surface area contributed by atoms with Gasteiger partial charge in [0.05, 0.1) is 11.4 Å². The zero-order valence-electron chi connectivity index (χ0n) is 10.5. The molecule has 1 heterocycles. The first-order chi connectivity index (χ1) is 8.75. The van der Waals surface area contributed by atoms with Crippen molar-refractivity contribution in [2.45, 2.75) is 6.42 Å². The quantitative estimate of drug-likeness (QED) is 0.743. The monoisotopic (exact) mass is 259 g/mol. The van der Waals surface area contributed by atoms with Gasteiger partial charge in [-0.25, -0.2) is 0 Å². The Morgan fingerprint density at radius 3 is 2.61 bits per heavy atom. The molecule has 0 atom stereocenters. The predicted molar refractivity (Wildman–Crippen MR) is 76.3 cm³/mol. The Morgan fingerprint density at radius 2 is 1.94 bits per heavy atom. The van der Waals surface area contributed by atoms with E-state index in [4.69, 9.17) is 0 Å². The number of carbonyl (C=O) groups excluding carboxylic acids is 1. The molecule has 0 saturated carbocycles. The summed E-state index contributed by atoms with van der Waals surface area (Å²) < 4.78 is 0. The summed E-state index contributed by atoms with van der Waals surface area (Å²) in [6.45, 7) is 1.40. The van der Waals surface area contributed by atoms with Gasteiger partial charge in [-0.2, -0.15) is 0 Å². The molecule has 0 aliphatic carbocycles. The molecule has 1 aromatic heterocycles. The van der Waals surface area contributed by atoms with Crippen LogP contribution in [-0.2, 0) is 6.42 Å². The van der Waals surface area contributed by atoms with E-state index in [0.717, 1.165) is 17.8 Å². The summed E-state index contributed by atoms with van der Waals surface area (Å²) in [4.78, 5) is 14.8. The van der Waals surface area contributed by atoms with Gasteiger partial charge in [0.15, 0.2) is 5.78 Å². The van der Waals surface area contributed by atoms with Crippen molar-refractivity contribution in [1.82, 2.24) is 4.90 Å². The highest BCUT2D eigenvalue weighted by Crippen LogP contribution is 2.10. The molecule has 0 saturated heterocycles. The first kappa shape index (κ1) is 13.0. The first-order valence-electron chi connectivity index (χ1n) is 6.05. The summed E-state index contributed by atoms with van der Waals surface area (Å²) in [5.74, 6) is 0.209. The van der Waals surface area contributed by atoms with Gasteiger partial charge in [0.1, 0.15) is 0 Å². The van der Waals surface area contributed by atoms with E-state index in [9.17, 15) is 4.79 Å². The fourth-order valence-corrected chi connectivity index (χ4v) is 2.46. The molecular formula is C15H17NOS. The van der Waals surface area contributed by atoms with Gasteiger partial charge >= 0.3 is 0 Å². The van der Waals surface area contributed by atoms with Crippen LogP contribution in [0, 0.1) is 0 Å². The number of ketones is 1. The van der Waals surface area contributed by atoms with Crippen molar-refractivity contribution >= 4 is 17.1 Å². The highest BCUT2D eigenvalue weighted by Gasteiger charge is 2.09. The fourth-order valence-electron chi connectivity index (χ4n) is 1.80. The summed E-state index contributed by atoms with van der Waals surface area (Å²) in [5, 5.41) is 1.94. The minimum atomic E-state index is 0.209. The Balaban J connectivity index is 1.79. The third-order valence-corrected chi connectivity index (χ3v) is 3.75. The highest BCUT2D eigenvalue weighted by atomic mass is 32.1. The topological polar surface area (TPSA) is 20.3 Å². The second kappa shape index (κ2) is 6.47. The smallest absolute Gasteiger partial charge is 0.186 e. The van der Waals surface area contributed by atoms with E-state index >= 15 is 0 Å². The third-order valence-electron chi connectivity index (χ3n) is 2.83. The van der Waals surface area contributed by atoms with E-state index < -0.39 is 0 Å². The number of likely N-dealkylation sites (N-methyl/N-ethyl adjacent to an activating group) is 1. The lowest BCUT2D eigenvalue weighted by atomic mass is 10.1. The lowest BCUT2D eigenvalue weighted by Gasteiger charge is -2.15. The number of nitrogens with zero attached hydrogens (tertiary/aromatic N) is 1. The van der Waals surface area contributed by atoms with Crippen LogP contribution >= 0.6 is 11.3 Å². The van der Waals surface area contributed by atoms with Crippen molar-refractivity contribution < 1.29 is 4.79 Å². The van der Waals surface area contributed by atoms with Gasteiger partial charge in [-0.15, -0.1) is 11.3 Å². The van der Waals surface area contributed by atoms with E-state index in [2.05, 4.69) is 17.0 Å². The Kier molecular flexibility index (Phi) is 4.67. The van der Waals surface area contributed by atoms with Gasteiger partial charge in [0.2, 0.25) is 0 Å². The fraction of sp³-hybridized carbons (Fsp3) is 0.267. The van der Waals surface area contributed by atoms with Gasteiger partial charge < -0.3 is 0 Å². The molecule has 0 radical (unpaired) electrons. The molecule has 0 fully saturated rings. The van der Waals surface area contributed by atoms with Crippen molar-refractivity contribution in [2.75, 3.05) is 20.1 Å². The SMILES string of the molecule is CN(CCc1ccccc1)CC(=O)c1cccs1. The lowest BCUT2D eigenvalue weighted by Crippen LogP contribution is -2.27. The van der Waals surface area contributed by atoms with Crippen LogP contribution < -0.4 is 0 Å². The van der Waals surface area contributed by atoms with Gasteiger partial charge in [0.25, 0.3) is 0 Å². The average Bonchev–Trinajstić information content (AvgIpc) is 2.91. The summed E-state index contributed by atoms with van der Waals surface area (Å²) in [5.41, 5.74) is 1.31. The molecule has 0 aliphatic heterocycles. The number of hydrogen-bond acceptors (Lipinski definition) is 3. The highest BCUT2D eigenvalue weighted by molar-refractivity contribution is 7.12. The van der Waals surface area contributed by atoms with Crippen molar-refractivity contribution in [3.05, 3.63) is 58.3 Å². The molecule has 0 N–H and O–H groups in total. The molecule has 0 bridgehead atoms. The second-order valence-electron chi connectivity index (χ2n) is 4.37. The summed E-state index contributed by atoms with van der Waals surface area (Å²) >= 11 is 1.51. The van der Waals surface area contributed by atoms with Crippen LogP contribution in [0.25, 0.3) is 0 Å². The molecule has 2 rings (SSSR count). The van der Waals surface area contributed by atoms with Crippen molar-refractivity contribution in [3.63, 3.8) is 0 Å². The van der Waals surface area contributed by atoms with Gasteiger partial charge in [0, 0.05) is 6.54 Å². The molecule has 18 heavy (non-hydrogen) atoms. The molecule has 3 heteroatoms. The number of rotatable bonds is 6. The Bertz CT molecular complexity index is 478. The Hall–Kier alpha value is -1.45. The minimum Gasteiger partial charge on any atom is -0.299 e. The molecule has 2 nitrogen and oxygen atoms in total. The standard InChI is InChI=1S/C15H17NOS/c1-16(10-9-13-6-3-2-4-7-13)12-14(17)15-8-5-11-18-15/h2-8,11H,9-10,12H2,1H3. The zero-order valence-corrected chi connectivity index (χ0v) is 11.3. The number of carbonyl (C=O) groups is 1. The largest absolute Gasteiger partial charge is 0.299 e. The molecule has 2 aromatic rings. The van der Waals surface area contributed by atoms with E-state index in [1.54, 1.807) is 0 Å². The molecule has 0 aliphatic rings. The molecule has 0 spiro atoms. The maximum absolute atomic E-state index is 11.9.